The fourth-order valence-electron chi connectivity index (χ4n) is 3.42. The van der Waals surface area contributed by atoms with Gasteiger partial charge in [-0.3, -0.25) is 4.99 Å². The van der Waals surface area contributed by atoms with Crippen molar-refractivity contribution in [3.63, 3.8) is 0 Å². The highest BCUT2D eigenvalue weighted by atomic mass is 35.5. The number of amides is 1. The molecule has 1 aliphatic heterocycles. The molecule has 1 saturated carbocycles. The van der Waals surface area contributed by atoms with Crippen molar-refractivity contribution in [3.05, 3.63) is 34.9 Å². The molecule has 2 aliphatic rings. The first-order chi connectivity index (χ1) is 12.6. The van der Waals surface area contributed by atoms with E-state index in [0.29, 0.717) is 37.7 Å². The van der Waals surface area contributed by atoms with Crippen molar-refractivity contribution >= 4 is 23.7 Å². The van der Waals surface area contributed by atoms with Gasteiger partial charge in [-0.05, 0) is 43.9 Å². The highest BCUT2D eigenvalue weighted by Gasteiger charge is 2.39. The van der Waals surface area contributed by atoms with E-state index < -0.39 is 0 Å². The van der Waals surface area contributed by atoms with E-state index in [2.05, 4.69) is 21.7 Å². The number of hydrogen-bond acceptors (Lipinski definition) is 3. The standard InChI is InChI=1S/C19H27ClN4O2/c1-3-26-19(25)24-9-7-15(8-10-24)22-18(21-2)23-17-12-16(17)13-5-4-6-14(20)11-13/h4-6,11,15-17H,3,7-10,12H2,1-2H3,(H2,21,22,23). The first kappa shape index (κ1) is 18.8. The van der Waals surface area contributed by atoms with Gasteiger partial charge in [-0.2, -0.15) is 0 Å². The van der Waals surface area contributed by atoms with E-state index in [4.69, 9.17) is 16.3 Å². The zero-order chi connectivity index (χ0) is 18.5. The van der Waals surface area contributed by atoms with E-state index in [9.17, 15) is 4.79 Å². The van der Waals surface area contributed by atoms with Gasteiger partial charge in [-0.15, -0.1) is 0 Å². The lowest BCUT2D eigenvalue weighted by atomic mass is 10.1. The van der Waals surface area contributed by atoms with Crippen LogP contribution in [0, 0.1) is 0 Å². The van der Waals surface area contributed by atoms with Gasteiger partial charge in [0.25, 0.3) is 0 Å². The Bertz CT molecular complexity index is 659. The summed E-state index contributed by atoms with van der Waals surface area (Å²) in [6, 6.07) is 8.76. The lowest BCUT2D eigenvalue weighted by Crippen LogP contribution is -2.50. The fourth-order valence-corrected chi connectivity index (χ4v) is 3.62. The molecule has 1 aliphatic carbocycles. The van der Waals surface area contributed by atoms with E-state index in [1.54, 1.807) is 11.9 Å². The summed E-state index contributed by atoms with van der Waals surface area (Å²) in [5.41, 5.74) is 1.27. The van der Waals surface area contributed by atoms with Crippen LogP contribution < -0.4 is 10.6 Å². The number of carbonyl (C=O) groups is 1. The smallest absolute Gasteiger partial charge is 0.409 e. The molecule has 1 amide bonds. The highest BCUT2D eigenvalue weighted by Crippen LogP contribution is 2.41. The van der Waals surface area contributed by atoms with Crippen molar-refractivity contribution in [2.75, 3.05) is 26.7 Å². The molecular weight excluding hydrogens is 352 g/mol. The van der Waals surface area contributed by atoms with Crippen LogP contribution in [0.4, 0.5) is 4.79 Å². The number of likely N-dealkylation sites (tertiary alicyclic amines) is 1. The first-order valence-corrected chi connectivity index (χ1v) is 9.65. The average Bonchev–Trinajstić information content (AvgIpc) is 3.41. The van der Waals surface area contributed by atoms with Gasteiger partial charge in [-0.25, -0.2) is 4.79 Å². The summed E-state index contributed by atoms with van der Waals surface area (Å²) in [6.07, 6.45) is 2.65. The van der Waals surface area contributed by atoms with Crippen LogP contribution in [0.1, 0.15) is 37.7 Å². The number of benzene rings is 1. The number of carbonyl (C=O) groups excluding carboxylic acids is 1. The summed E-state index contributed by atoms with van der Waals surface area (Å²) in [4.78, 5) is 17.9. The normalized spacial score (nSPS) is 23.5. The first-order valence-electron chi connectivity index (χ1n) is 9.27. The van der Waals surface area contributed by atoms with Crippen molar-refractivity contribution in [2.24, 2.45) is 4.99 Å². The number of nitrogens with zero attached hydrogens (tertiary/aromatic N) is 2. The number of guanidine groups is 1. The summed E-state index contributed by atoms with van der Waals surface area (Å²) in [5, 5.41) is 7.77. The van der Waals surface area contributed by atoms with E-state index in [1.165, 1.54) is 5.56 Å². The monoisotopic (exact) mass is 378 g/mol. The van der Waals surface area contributed by atoms with E-state index in [1.807, 2.05) is 25.1 Å². The fraction of sp³-hybridized carbons (Fsp3) is 0.579. The minimum absolute atomic E-state index is 0.212. The van der Waals surface area contributed by atoms with Gasteiger partial charge in [0.15, 0.2) is 5.96 Å². The molecule has 6 nitrogen and oxygen atoms in total. The molecule has 0 bridgehead atoms. The third-order valence-corrected chi connectivity index (χ3v) is 5.21. The predicted octanol–water partition coefficient (Wildman–Crippen LogP) is 2.98. The Hall–Kier alpha value is -1.95. The summed E-state index contributed by atoms with van der Waals surface area (Å²) in [5.74, 6) is 1.31. The van der Waals surface area contributed by atoms with Crippen molar-refractivity contribution < 1.29 is 9.53 Å². The zero-order valence-electron chi connectivity index (χ0n) is 15.4. The van der Waals surface area contributed by atoms with Gasteiger partial charge in [0, 0.05) is 43.2 Å². The Balaban J connectivity index is 1.44. The molecule has 2 atom stereocenters. The van der Waals surface area contributed by atoms with Crippen molar-refractivity contribution in [1.29, 1.82) is 0 Å². The molecule has 142 valence electrons. The number of hydrogen-bond donors (Lipinski definition) is 2. The Labute approximate surface area is 159 Å². The molecule has 26 heavy (non-hydrogen) atoms. The number of ether oxygens (including phenoxy) is 1. The molecule has 1 heterocycles. The van der Waals surface area contributed by atoms with Gasteiger partial charge >= 0.3 is 6.09 Å². The van der Waals surface area contributed by atoms with Crippen LogP contribution in [0.2, 0.25) is 5.02 Å². The summed E-state index contributed by atoms with van der Waals surface area (Å²) in [6.45, 7) is 3.67. The number of aliphatic imine (C=N–C) groups is 1. The Kier molecular flexibility index (Phi) is 6.25. The predicted molar refractivity (Wildman–Crippen MR) is 104 cm³/mol. The second-order valence-electron chi connectivity index (χ2n) is 6.82. The second kappa shape index (κ2) is 8.62. The van der Waals surface area contributed by atoms with Crippen LogP contribution in [-0.2, 0) is 4.74 Å². The van der Waals surface area contributed by atoms with Gasteiger partial charge in [-0.1, -0.05) is 23.7 Å². The number of halogens is 1. The second-order valence-corrected chi connectivity index (χ2v) is 7.26. The molecule has 1 aromatic rings. The van der Waals surface area contributed by atoms with E-state index in [-0.39, 0.29) is 6.09 Å². The maximum atomic E-state index is 11.8. The highest BCUT2D eigenvalue weighted by molar-refractivity contribution is 6.30. The maximum absolute atomic E-state index is 11.8. The quantitative estimate of drug-likeness (QED) is 0.624. The lowest BCUT2D eigenvalue weighted by molar-refractivity contribution is 0.0963. The Morgan fingerprint density at radius 1 is 1.35 bits per heavy atom. The largest absolute Gasteiger partial charge is 0.450 e. The number of rotatable bonds is 4. The summed E-state index contributed by atoms with van der Waals surface area (Å²) >= 11 is 6.09. The van der Waals surface area contributed by atoms with E-state index in [0.717, 1.165) is 30.2 Å². The van der Waals surface area contributed by atoms with Gasteiger partial charge in [0.05, 0.1) is 6.61 Å². The molecule has 2 unspecified atom stereocenters. The van der Waals surface area contributed by atoms with Crippen LogP contribution in [0.5, 0.6) is 0 Å². The SMILES string of the molecule is CCOC(=O)N1CCC(NC(=NC)NC2CC2c2cccc(Cl)c2)CC1. The number of nitrogens with one attached hydrogen (secondary N) is 2. The van der Waals surface area contributed by atoms with Crippen molar-refractivity contribution in [2.45, 2.75) is 44.2 Å². The third-order valence-electron chi connectivity index (χ3n) is 4.97. The van der Waals surface area contributed by atoms with Crippen molar-refractivity contribution in [1.82, 2.24) is 15.5 Å². The van der Waals surface area contributed by atoms with Crippen LogP contribution in [0.25, 0.3) is 0 Å². The summed E-state index contributed by atoms with van der Waals surface area (Å²) < 4.78 is 5.06. The zero-order valence-corrected chi connectivity index (χ0v) is 16.1. The molecule has 0 aromatic heterocycles. The molecule has 1 aromatic carbocycles. The molecule has 0 spiro atoms. The average molecular weight is 379 g/mol. The van der Waals surface area contributed by atoms with Crippen molar-refractivity contribution in [3.8, 4) is 0 Å². The van der Waals surface area contributed by atoms with Crippen LogP contribution >= 0.6 is 11.6 Å². The molecule has 2 N–H and O–H groups in total. The van der Waals surface area contributed by atoms with Crippen LogP contribution in [0.15, 0.2) is 29.3 Å². The Morgan fingerprint density at radius 3 is 2.77 bits per heavy atom. The minimum Gasteiger partial charge on any atom is -0.450 e. The van der Waals surface area contributed by atoms with Crippen LogP contribution in [-0.4, -0.2) is 55.8 Å². The molecule has 7 heteroatoms. The topological polar surface area (TPSA) is 66.0 Å². The molecule has 1 saturated heterocycles. The van der Waals surface area contributed by atoms with Gasteiger partial charge in [0.2, 0.25) is 0 Å². The molecular formula is C19H27ClN4O2. The maximum Gasteiger partial charge on any atom is 0.409 e. The molecule has 0 radical (unpaired) electrons. The lowest BCUT2D eigenvalue weighted by Gasteiger charge is -2.32. The van der Waals surface area contributed by atoms with E-state index >= 15 is 0 Å². The summed E-state index contributed by atoms with van der Waals surface area (Å²) in [7, 11) is 1.79. The van der Waals surface area contributed by atoms with Gasteiger partial charge < -0.3 is 20.3 Å². The number of piperidine rings is 1. The van der Waals surface area contributed by atoms with Gasteiger partial charge in [0.1, 0.15) is 0 Å². The Morgan fingerprint density at radius 2 is 2.12 bits per heavy atom. The van der Waals surface area contributed by atoms with Crippen LogP contribution in [0.3, 0.4) is 0 Å². The third kappa shape index (κ3) is 4.81. The minimum atomic E-state index is -0.212. The molecule has 3 rings (SSSR count). The molecule has 2 fully saturated rings.